The molecule has 1 aromatic rings. The number of aliphatic hydroxyl groups excluding tert-OH is 2. The molecule has 0 spiro atoms. The summed E-state index contributed by atoms with van der Waals surface area (Å²) in [5.74, 6) is 0.167. The maximum atomic E-state index is 10.7. The number of aromatic nitrogens is 1. The highest BCUT2D eigenvalue weighted by molar-refractivity contribution is 6.31. The maximum Gasteiger partial charge on any atom is 0.306 e. The van der Waals surface area contributed by atoms with Crippen molar-refractivity contribution in [2.45, 2.75) is 25.6 Å². The van der Waals surface area contributed by atoms with E-state index >= 15 is 0 Å². The van der Waals surface area contributed by atoms with Crippen molar-refractivity contribution >= 4 is 28.9 Å². The van der Waals surface area contributed by atoms with Crippen molar-refractivity contribution in [3.8, 4) is 0 Å². The van der Waals surface area contributed by atoms with Gasteiger partial charge in [-0.15, -0.1) is 11.6 Å². The summed E-state index contributed by atoms with van der Waals surface area (Å²) in [6.45, 7) is 1.54. The normalized spacial score (nSPS) is 14.3. The van der Waals surface area contributed by atoms with Crippen molar-refractivity contribution in [1.82, 2.24) is 4.98 Å². The number of hydrogen-bond acceptors (Lipinski definition) is 5. The van der Waals surface area contributed by atoms with Crippen LogP contribution in [-0.4, -0.2) is 32.1 Å². The summed E-state index contributed by atoms with van der Waals surface area (Å²) < 4.78 is 0. The van der Waals surface area contributed by atoms with Crippen LogP contribution in [0.4, 0.5) is 5.69 Å². The Balaban J connectivity index is 3.15. The average molecular weight is 295 g/mol. The van der Waals surface area contributed by atoms with Gasteiger partial charge in [0.25, 0.3) is 0 Å². The van der Waals surface area contributed by atoms with Gasteiger partial charge in [-0.1, -0.05) is 11.6 Å². The van der Waals surface area contributed by atoms with Crippen LogP contribution >= 0.6 is 23.2 Å². The summed E-state index contributed by atoms with van der Waals surface area (Å²) in [4.78, 5) is 13.8. The van der Waals surface area contributed by atoms with E-state index in [2.05, 4.69) is 4.98 Å². The number of hydrogen-bond donors (Lipinski definition) is 2. The van der Waals surface area contributed by atoms with E-state index in [0.717, 1.165) is 6.07 Å². The lowest BCUT2D eigenvalue weighted by Gasteiger charge is -2.18. The molecule has 0 bridgehead atoms. The van der Waals surface area contributed by atoms with Gasteiger partial charge in [0, 0.05) is 23.2 Å². The number of alkyl halides is 1. The highest BCUT2D eigenvalue weighted by atomic mass is 35.5. The first-order chi connectivity index (χ1) is 8.38. The number of aliphatic hydroxyl groups is 2. The van der Waals surface area contributed by atoms with Crippen molar-refractivity contribution in [1.29, 1.82) is 0 Å². The zero-order valence-electron chi connectivity index (χ0n) is 9.51. The van der Waals surface area contributed by atoms with Gasteiger partial charge in [-0.2, -0.15) is 0 Å². The molecule has 1 heterocycles. The van der Waals surface area contributed by atoms with E-state index < -0.39 is 22.8 Å². The molecule has 2 N–H and O–H groups in total. The lowest BCUT2D eigenvalue weighted by Crippen LogP contribution is -2.20. The van der Waals surface area contributed by atoms with Crippen LogP contribution in [0.1, 0.15) is 23.8 Å². The molecule has 0 amide bonds. The average Bonchev–Trinajstić information content (AvgIpc) is 2.28. The van der Waals surface area contributed by atoms with E-state index in [4.69, 9.17) is 23.2 Å². The molecule has 0 aliphatic heterocycles. The Bertz CT molecular complexity index is 456. The second kappa shape index (κ2) is 6.29. The molecule has 6 nitrogen and oxygen atoms in total. The Morgan fingerprint density at radius 1 is 1.56 bits per heavy atom. The number of rotatable bonds is 5. The van der Waals surface area contributed by atoms with Gasteiger partial charge in [0.1, 0.15) is 6.10 Å². The Morgan fingerprint density at radius 3 is 2.67 bits per heavy atom. The molecule has 0 aliphatic carbocycles. The first kappa shape index (κ1) is 15.1. The zero-order chi connectivity index (χ0) is 13.9. The van der Waals surface area contributed by atoms with Gasteiger partial charge in [0.05, 0.1) is 11.0 Å². The fourth-order valence-electron chi connectivity index (χ4n) is 1.48. The van der Waals surface area contributed by atoms with Crippen LogP contribution in [0.15, 0.2) is 6.07 Å². The number of nitrogens with zero attached hydrogens (tertiary/aromatic N) is 2. The summed E-state index contributed by atoms with van der Waals surface area (Å²) in [5.41, 5.74) is 0.0878. The second-order valence-electron chi connectivity index (χ2n) is 3.72. The van der Waals surface area contributed by atoms with Crippen LogP contribution in [0.2, 0.25) is 5.15 Å². The Morgan fingerprint density at radius 2 is 2.17 bits per heavy atom. The third-order valence-electron chi connectivity index (χ3n) is 2.47. The van der Waals surface area contributed by atoms with Gasteiger partial charge in [0.15, 0.2) is 0 Å². The van der Waals surface area contributed by atoms with Crippen molar-refractivity contribution in [3.63, 3.8) is 0 Å². The number of aryl methyl sites for hydroxylation is 1. The van der Waals surface area contributed by atoms with Gasteiger partial charge in [0.2, 0.25) is 5.15 Å². The predicted molar refractivity (Wildman–Crippen MR) is 66.9 cm³/mol. The number of nitro groups is 1. The van der Waals surface area contributed by atoms with Crippen LogP contribution in [0, 0.1) is 17.0 Å². The zero-order valence-corrected chi connectivity index (χ0v) is 11.0. The third kappa shape index (κ3) is 3.29. The highest BCUT2D eigenvalue weighted by Crippen LogP contribution is 2.29. The summed E-state index contributed by atoms with van der Waals surface area (Å²) in [5, 5.41) is 30.0. The molecule has 0 saturated heterocycles. The molecule has 0 aromatic carbocycles. The van der Waals surface area contributed by atoms with Gasteiger partial charge >= 0.3 is 5.69 Å². The number of halogens is 2. The van der Waals surface area contributed by atoms with Crippen LogP contribution < -0.4 is 0 Å². The first-order valence-corrected chi connectivity index (χ1v) is 6.03. The van der Waals surface area contributed by atoms with Crippen molar-refractivity contribution in [3.05, 3.63) is 32.6 Å². The minimum absolute atomic E-state index is 0.165. The molecular formula is C10H12Cl2N2O4. The minimum atomic E-state index is -1.28. The molecular weight excluding hydrogens is 283 g/mol. The molecule has 1 aromatic heterocycles. The van der Waals surface area contributed by atoms with Crippen LogP contribution in [0.5, 0.6) is 0 Å². The van der Waals surface area contributed by atoms with E-state index in [1.54, 1.807) is 6.92 Å². The molecule has 0 fully saturated rings. The summed E-state index contributed by atoms with van der Waals surface area (Å²) in [6, 6.07) is 1.12. The van der Waals surface area contributed by atoms with Crippen LogP contribution in [-0.2, 0) is 0 Å². The first-order valence-electron chi connectivity index (χ1n) is 5.12. The highest BCUT2D eigenvalue weighted by Gasteiger charge is 2.25. The van der Waals surface area contributed by atoms with Crippen molar-refractivity contribution in [2.75, 3.05) is 5.88 Å². The molecule has 1 rings (SSSR count). The molecule has 18 heavy (non-hydrogen) atoms. The summed E-state index contributed by atoms with van der Waals surface area (Å²) >= 11 is 11.1. The fraction of sp³-hybridized carbons (Fsp3) is 0.500. The standard InChI is InChI=1S/C10H12Cl2N2O4/c1-5-6(9(16)8(15)2-3-11)4-7(14(17)18)10(12)13-5/h4,8-9,15-16H,2-3H2,1H3. The number of pyridine rings is 1. The largest absolute Gasteiger partial charge is 0.390 e. The van der Waals surface area contributed by atoms with E-state index in [9.17, 15) is 20.3 Å². The summed E-state index contributed by atoms with van der Waals surface area (Å²) in [7, 11) is 0. The monoisotopic (exact) mass is 294 g/mol. The van der Waals surface area contributed by atoms with E-state index in [0.29, 0.717) is 5.69 Å². The molecule has 0 aliphatic rings. The molecule has 100 valence electrons. The van der Waals surface area contributed by atoms with Gasteiger partial charge < -0.3 is 10.2 Å². The van der Waals surface area contributed by atoms with E-state index in [1.165, 1.54) is 0 Å². The maximum absolute atomic E-state index is 10.7. The molecule has 2 atom stereocenters. The SMILES string of the molecule is Cc1nc(Cl)c([N+](=O)[O-])cc1C(O)C(O)CCCl. The van der Waals surface area contributed by atoms with Crippen LogP contribution in [0.25, 0.3) is 0 Å². The molecule has 2 unspecified atom stereocenters. The second-order valence-corrected chi connectivity index (χ2v) is 4.46. The smallest absolute Gasteiger partial charge is 0.306 e. The Labute approximate surface area is 113 Å². The fourth-order valence-corrected chi connectivity index (χ4v) is 1.96. The topological polar surface area (TPSA) is 96.5 Å². The Hall–Kier alpha value is -0.950. The Kier molecular flexibility index (Phi) is 5.28. The lowest BCUT2D eigenvalue weighted by atomic mass is 10.0. The van der Waals surface area contributed by atoms with Gasteiger partial charge in [-0.25, -0.2) is 4.98 Å². The predicted octanol–water partition coefficient (Wildman–Crippen LogP) is 1.97. The summed E-state index contributed by atoms with van der Waals surface area (Å²) in [6.07, 6.45) is -2.23. The minimum Gasteiger partial charge on any atom is -0.390 e. The van der Waals surface area contributed by atoms with Crippen molar-refractivity contribution < 1.29 is 15.1 Å². The third-order valence-corrected chi connectivity index (χ3v) is 2.97. The van der Waals surface area contributed by atoms with Crippen LogP contribution in [0.3, 0.4) is 0 Å². The molecule has 0 radical (unpaired) electrons. The lowest BCUT2D eigenvalue weighted by molar-refractivity contribution is -0.385. The quantitative estimate of drug-likeness (QED) is 0.375. The van der Waals surface area contributed by atoms with Gasteiger partial charge in [-0.05, 0) is 13.3 Å². The molecule has 0 saturated carbocycles. The van der Waals surface area contributed by atoms with E-state index in [1.807, 2.05) is 0 Å². The van der Waals surface area contributed by atoms with Gasteiger partial charge in [-0.3, -0.25) is 10.1 Å². The van der Waals surface area contributed by atoms with E-state index in [-0.39, 0.29) is 23.0 Å². The van der Waals surface area contributed by atoms with Crippen molar-refractivity contribution in [2.24, 2.45) is 0 Å². The molecule has 8 heteroatoms.